The molecule has 7 aromatic rings. The Morgan fingerprint density at radius 3 is 0.936 bits per heavy atom. The number of phenols is 1. The van der Waals surface area contributed by atoms with Crippen LogP contribution in [0.1, 0.15) is 59.2 Å². The Balaban J connectivity index is 0.000000462. The fraction of sp³-hybridized carbons (Fsp3) is 0.259. The second-order valence-electron chi connectivity index (χ2n) is 16.5. The maximum absolute atomic E-state index is 12.6. The average molecular weight is 1390 g/mol. The van der Waals surface area contributed by atoms with Crippen molar-refractivity contribution >= 4 is 6.47 Å². The standard InChI is InChI=1S/C34H34IO6.C12H8F2I.C11H14O3.CH2O3.2ClH.2K.H/c1-3-23-36-33(5-1)40-31-19-15-29(16-20-31)38-27-11-7-25(8-12-27)35-26-9-13-28(14-10-26)39-30-17-21-32(22-18-30)41-34-6-2-4-24-37-34;13-9-1-5-11(6-2-9)15-12-7-3-10(14)4-8-12;12-9-4-6-10(7-5-9)14-11-3-1-2-8-13-11;2-1-4-3;;;;;/h7-22,33-34H,1-6,23-24H2;1-8H;4-7,11-12H,1-3,8H2;1,3H;2*1H;;;/q2*+1;;;;;2*+1;-1/p-3. The van der Waals surface area contributed by atoms with Crippen molar-refractivity contribution < 1.29 is 238 Å². The Kier molecular flexibility index (Phi) is 36.0. The summed E-state index contributed by atoms with van der Waals surface area (Å²) in [6.45, 7) is 2.14. The van der Waals surface area contributed by atoms with Gasteiger partial charge in [-0.2, -0.15) is 0 Å². The van der Waals surface area contributed by atoms with Crippen LogP contribution in [-0.2, 0) is 23.9 Å². The van der Waals surface area contributed by atoms with Crippen LogP contribution in [0.2, 0.25) is 0 Å². The molecule has 0 amide bonds. The number of aromatic hydroxyl groups is 1. The van der Waals surface area contributed by atoms with Crippen molar-refractivity contribution in [2.24, 2.45) is 0 Å². The molecule has 3 fully saturated rings. The van der Waals surface area contributed by atoms with E-state index in [1.54, 1.807) is 48.5 Å². The zero-order valence-electron chi connectivity index (χ0n) is 44.2. The van der Waals surface area contributed by atoms with Gasteiger partial charge in [-0.15, -0.1) is 0 Å². The molecule has 3 aliphatic heterocycles. The van der Waals surface area contributed by atoms with Crippen LogP contribution < -0.4 is 199 Å². The minimum atomic E-state index is -0.330. The van der Waals surface area contributed by atoms with Gasteiger partial charge in [-0.1, -0.05) is 0 Å². The fourth-order valence-electron chi connectivity index (χ4n) is 7.21. The first-order valence-corrected chi connectivity index (χ1v) is 28.5. The van der Waals surface area contributed by atoms with Crippen molar-refractivity contribution in [3.05, 3.63) is 196 Å². The van der Waals surface area contributed by atoms with Gasteiger partial charge in [0, 0.05) is 19.3 Å². The summed E-state index contributed by atoms with van der Waals surface area (Å²) in [4.78, 5) is 11.2. The normalized spacial score (nSPS) is 16.1. The number of hydrogen-bond donors (Lipinski definition) is 1. The summed E-state index contributed by atoms with van der Waals surface area (Å²) in [5, 5.41) is 17.5. The van der Waals surface area contributed by atoms with Crippen LogP contribution in [0.4, 0.5) is 8.78 Å². The van der Waals surface area contributed by atoms with Gasteiger partial charge in [0.15, 0.2) is 33.2 Å². The van der Waals surface area contributed by atoms with Crippen molar-refractivity contribution in [3.8, 4) is 46.0 Å². The minimum absolute atomic E-state index is 0. The third kappa shape index (κ3) is 26.8. The Bertz CT molecular complexity index is 2530. The maximum atomic E-state index is 12.6. The summed E-state index contributed by atoms with van der Waals surface area (Å²) in [6.07, 6.45) is 9.20. The van der Waals surface area contributed by atoms with Gasteiger partial charge in [0.25, 0.3) is 6.47 Å². The summed E-state index contributed by atoms with van der Waals surface area (Å²) in [7, 11) is 0. The molecule has 78 heavy (non-hydrogen) atoms. The number of carbonyl (C=O) groups excluding carboxylic acids is 1. The van der Waals surface area contributed by atoms with Crippen LogP contribution in [0.15, 0.2) is 170 Å². The van der Waals surface area contributed by atoms with Crippen LogP contribution in [0.3, 0.4) is 0 Å². The van der Waals surface area contributed by atoms with Gasteiger partial charge in [0.05, 0.1) is 19.8 Å². The molecule has 0 aromatic heterocycles. The molecule has 12 nitrogen and oxygen atoms in total. The van der Waals surface area contributed by atoms with E-state index in [0.29, 0.717) is 0 Å². The quantitative estimate of drug-likeness (QED) is 0.0344. The monoisotopic (exact) mass is 1390 g/mol. The molecule has 0 spiro atoms. The van der Waals surface area contributed by atoms with Gasteiger partial charge in [-0.25, -0.2) is 8.78 Å². The van der Waals surface area contributed by atoms with Gasteiger partial charge in [-0.05, 0) is 208 Å². The molecule has 3 heterocycles. The predicted molar refractivity (Wildman–Crippen MR) is 263 cm³/mol. The molecule has 3 unspecified atom stereocenters. The molecule has 0 aliphatic carbocycles. The van der Waals surface area contributed by atoms with Crippen molar-refractivity contribution in [3.63, 3.8) is 0 Å². The van der Waals surface area contributed by atoms with Gasteiger partial charge in [-0.3, -0.25) is 4.79 Å². The van der Waals surface area contributed by atoms with E-state index in [4.69, 9.17) is 53.1 Å². The Labute approximate surface area is 574 Å². The van der Waals surface area contributed by atoms with Gasteiger partial charge in [0.2, 0.25) is 0 Å². The van der Waals surface area contributed by atoms with E-state index >= 15 is 0 Å². The van der Waals surface area contributed by atoms with Gasteiger partial charge < -0.3 is 79.4 Å². The van der Waals surface area contributed by atoms with Gasteiger partial charge >= 0.3 is 145 Å². The van der Waals surface area contributed by atoms with E-state index in [9.17, 15) is 8.78 Å². The summed E-state index contributed by atoms with van der Waals surface area (Å²) < 4.78 is 76.4. The number of rotatable bonds is 15. The van der Waals surface area contributed by atoms with Crippen molar-refractivity contribution in [1.29, 1.82) is 0 Å². The maximum Gasteiger partial charge on any atom is 1.00 e. The number of benzene rings is 7. The molecular weight excluding hydrogens is 1330 g/mol. The number of phenolic OH excluding ortho intramolecular Hbond substituents is 1. The summed E-state index contributed by atoms with van der Waals surface area (Å²) in [5.41, 5.74) is 0. The first kappa shape index (κ1) is 70.1. The third-order valence-electron chi connectivity index (χ3n) is 10.9. The zero-order chi connectivity index (χ0) is 51.6. The second kappa shape index (κ2) is 40.1. The molecule has 3 aliphatic rings. The van der Waals surface area contributed by atoms with E-state index in [0.717, 1.165) is 125 Å². The van der Waals surface area contributed by atoms with Crippen LogP contribution in [0.25, 0.3) is 0 Å². The first-order valence-electron chi connectivity index (χ1n) is 24.2. The minimum Gasteiger partial charge on any atom is -1.00 e. The summed E-state index contributed by atoms with van der Waals surface area (Å²) in [6, 6.07) is 51.8. The Morgan fingerprint density at radius 1 is 0.436 bits per heavy atom. The molecule has 20 heteroatoms. The molecule has 406 valence electrons. The predicted octanol–water partition coefficient (Wildman–Crippen LogP) is -5.84. The number of ether oxygens (including phenoxy) is 8. The molecule has 3 saturated heterocycles. The average Bonchev–Trinajstić information content (AvgIpc) is 3.44. The van der Waals surface area contributed by atoms with Crippen molar-refractivity contribution in [2.45, 2.75) is 76.7 Å². The smallest absolute Gasteiger partial charge is 1.00 e. The topological polar surface area (TPSA) is 143 Å². The summed E-state index contributed by atoms with van der Waals surface area (Å²) >= 11 is -0.644. The van der Waals surface area contributed by atoms with E-state index < -0.39 is 0 Å². The molecule has 0 radical (unpaired) electrons. The van der Waals surface area contributed by atoms with E-state index in [1.807, 2.05) is 72.8 Å². The molecular formula is C58H58Cl2F2I2K2O12. The molecule has 3 atom stereocenters. The Hall–Kier alpha value is -2.18. The summed E-state index contributed by atoms with van der Waals surface area (Å²) in [5.74, 6) is 5.34. The van der Waals surface area contributed by atoms with E-state index in [2.05, 4.69) is 29.2 Å². The Morgan fingerprint density at radius 2 is 0.679 bits per heavy atom. The zero-order valence-corrected chi connectivity index (χ0v) is 55.2. The van der Waals surface area contributed by atoms with Crippen LogP contribution >= 0.6 is 0 Å². The van der Waals surface area contributed by atoms with E-state index in [1.165, 1.54) is 31.4 Å². The number of halogens is 6. The van der Waals surface area contributed by atoms with Crippen molar-refractivity contribution in [2.75, 3.05) is 19.8 Å². The van der Waals surface area contributed by atoms with Crippen LogP contribution in [0.5, 0.6) is 46.0 Å². The fourth-order valence-corrected chi connectivity index (χ4v) is 11.5. The molecule has 0 bridgehead atoms. The van der Waals surface area contributed by atoms with Crippen LogP contribution in [0, 0.1) is 25.9 Å². The molecule has 10 rings (SSSR count). The number of hydrogen-bond acceptors (Lipinski definition) is 12. The van der Waals surface area contributed by atoms with E-state index in [-0.39, 0.29) is 214 Å². The van der Waals surface area contributed by atoms with Gasteiger partial charge in [0.1, 0.15) is 57.6 Å². The second-order valence-corrected chi connectivity index (χ2v) is 22.6. The molecule has 7 aromatic carbocycles. The molecule has 1 N–H and O–H groups in total. The largest absolute Gasteiger partial charge is 1.00 e. The third-order valence-corrected chi connectivity index (χ3v) is 16.2. The SMILES string of the molecule is Fc1ccc([I+]c2ccc(F)cc2)cc1.O=CO[O-].Oc1ccc(OC2CCCCO2)cc1.[Cl-].[Cl-].[H-].[K+].[K+].c1cc(OC2CCCCO2)ccc1Oc1ccc([I+]c2ccc(Oc3ccc(OC4CCCCO4)cc3)cc2)cc1. The number of carbonyl (C=O) groups is 1. The van der Waals surface area contributed by atoms with Crippen LogP contribution in [-0.4, -0.2) is 50.3 Å². The molecule has 0 saturated carbocycles. The van der Waals surface area contributed by atoms with Crippen molar-refractivity contribution in [1.82, 2.24) is 0 Å². The first-order chi connectivity index (χ1) is 36.2.